The molecular weight excluding hydrogens is 316 g/mol. The van der Waals surface area contributed by atoms with Gasteiger partial charge in [-0.1, -0.05) is 13.8 Å². The van der Waals surface area contributed by atoms with E-state index in [1.165, 1.54) is 6.42 Å². The third-order valence-corrected chi connectivity index (χ3v) is 9.29. The molecule has 0 spiro atoms. The molecule has 4 rings (SSSR count). The van der Waals surface area contributed by atoms with Crippen molar-refractivity contribution in [1.82, 2.24) is 0 Å². The molecule has 0 radical (unpaired) electrons. The van der Waals surface area contributed by atoms with Gasteiger partial charge in [0.1, 0.15) is 0 Å². The van der Waals surface area contributed by atoms with Crippen LogP contribution in [0.3, 0.4) is 0 Å². The van der Waals surface area contributed by atoms with Crippen LogP contribution in [0.4, 0.5) is 0 Å². The second kappa shape index (κ2) is 6.19. The van der Waals surface area contributed by atoms with E-state index >= 15 is 0 Å². The molecule has 4 saturated carbocycles. The van der Waals surface area contributed by atoms with E-state index in [0.29, 0.717) is 23.7 Å². The summed E-state index contributed by atoms with van der Waals surface area (Å²) in [7, 11) is 0. The van der Waals surface area contributed by atoms with Gasteiger partial charge in [0.05, 0.1) is 24.9 Å². The molecule has 0 bridgehead atoms. The van der Waals surface area contributed by atoms with Gasteiger partial charge < -0.3 is 20.4 Å². The Bertz CT molecular complexity index is 510. The summed E-state index contributed by atoms with van der Waals surface area (Å²) >= 11 is 0. The highest BCUT2D eigenvalue weighted by Gasteiger charge is 2.63. The summed E-state index contributed by atoms with van der Waals surface area (Å²) in [5.74, 6) is 2.06. The van der Waals surface area contributed by atoms with Crippen molar-refractivity contribution in [3.05, 3.63) is 0 Å². The number of hydrogen-bond acceptors (Lipinski definition) is 4. The molecule has 0 saturated heterocycles. The molecule has 10 atom stereocenters. The molecule has 4 heteroatoms. The Morgan fingerprint density at radius 1 is 1.00 bits per heavy atom. The highest BCUT2D eigenvalue weighted by Crippen LogP contribution is 2.67. The van der Waals surface area contributed by atoms with Crippen LogP contribution in [-0.4, -0.2) is 45.3 Å². The van der Waals surface area contributed by atoms with Crippen molar-refractivity contribution in [3.8, 4) is 0 Å². The number of aliphatic hydroxyl groups excluding tert-OH is 4. The summed E-state index contributed by atoms with van der Waals surface area (Å²) in [5, 5.41) is 41.2. The van der Waals surface area contributed by atoms with Crippen molar-refractivity contribution in [2.24, 2.45) is 40.4 Å². The zero-order valence-corrected chi connectivity index (χ0v) is 15.8. The summed E-state index contributed by atoms with van der Waals surface area (Å²) in [6.45, 7) is 4.46. The standard InChI is InChI=1S/C21H36O4/c1-20-8-7-13(23)9-12(20)3-4-14-15-5-6-16(18(25)11-22)21(15,2)10-17(24)19(14)20/h12-19,22-25H,3-11H2,1-2H3/t12-,13-,14-,15-,16+,17-,18+,19+,20-,21-/m0/s1. The summed E-state index contributed by atoms with van der Waals surface area (Å²) in [6, 6.07) is 0. The SMILES string of the molecule is C[C@]12CC[C@H](O)C[C@@H]1CC[C@@H]1[C@@H]2[C@@H](O)C[C@]2(C)[C@@H]([C@H](O)CO)CC[C@@H]12. The van der Waals surface area contributed by atoms with Crippen LogP contribution in [0.1, 0.15) is 65.2 Å². The first-order valence-electron chi connectivity index (χ1n) is 10.5. The molecule has 25 heavy (non-hydrogen) atoms. The van der Waals surface area contributed by atoms with E-state index in [1.807, 2.05) is 0 Å². The minimum absolute atomic E-state index is 0.0554. The predicted octanol–water partition coefficient (Wildman–Crippen LogP) is 2.33. The maximum Gasteiger partial charge on any atom is 0.0804 e. The van der Waals surface area contributed by atoms with E-state index in [1.54, 1.807) is 0 Å². The van der Waals surface area contributed by atoms with Crippen LogP contribution >= 0.6 is 0 Å². The van der Waals surface area contributed by atoms with E-state index in [0.717, 1.165) is 44.9 Å². The Kier molecular flexibility index (Phi) is 4.51. The average Bonchev–Trinajstić information content (AvgIpc) is 2.91. The van der Waals surface area contributed by atoms with Crippen LogP contribution in [0.5, 0.6) is 0 Å². The van der Waals surface area contributed by atoms with Gasteiger partial charge in [0.2, 0.25) is 0 Å². The fraction of sp³-hybridized carbons (Fsp3) is 1.00. The molecule has 0 amide bonds. The summed E-state index contributed by atoms with van der Waals surface area (Å²) in [5.41, 5.74) is 0.0939. The van der Waals surface area contributed by atoms with Gasteiger partial charge in [0, 0.05) is 0 Å². The molecule has 4 aliphatic rings. The third kappa shape index (κ3) is 2.55. The highest BCUT2D eigenvalue weighted by atomic mass is 16.3. The van der Waals surface area contributed by atoms with Crippen molar-refractivity contribution >= 4 is 0 Å². The van der Waals surface area contributed by atoms with Crippen molar-refractivity contribution < 1.29 is 20.4 Å². The van der Waals surface area contributed by atoms with E-state index < -0.39 is 6.10 Å². The van der Waals surface area contributed by atoms with Crippen LogP contribution < -0.4 is 0 Å². The van der Waals surface area contributed by atoms with Crippen molar-refractivity contribution in [2.45, 2.75) is 83.5 Å². The Balaban J connectivity index is 1.64. The first kappa shape index (κ1) is 18.2. The van der Waals surface area contributed by atoms with Crippen LogP contribution in [0.25, 0.3) is 0 Å². The van der Waals surface area contributed by atoms with E-state index in [4.69, 9.17) is 0 Å². The zero-order chi connectivity index (χ0) is 18.0. The maximum atomic E-state index is 11.3. The van der Waals surface area contributed by atoms with E-state index in [9.17, 15) is 20.4 Å². The van der Waals surface area contributed by atoms with Gasteiger partial charge in [-0.2, -0.15) is 0 Å². The molecule has 4 N–H and O–H groups in total. The Labute approximate surface area is 151 Å². The van der Waals surface area contributed by atoms with Gasteiger partial charge in [-0.25, -0.2) is 0 Å². The first-order chi connectivity index (χ1) is 11.8. The molecule has 0 aromatic rings. The summed E-state index contributed by atoms with van der Waals surface area (Å²) in [6.07, 6.45) is 6.84. The van der Waals surface area contributed by atoms with Crippen LogP contribution in [0.15, 0.2) is 0 Å². The van der Waals surface area contributed by atoms with Crippen LogP contribution in [0, 0.1) is 40.4 Å². The van der Waals surface area contributed by atoms with Gasteiger partial charge in [-0.15, -0.1) is 0 Å². The van der Waals surface area contributed by atoms with Crippen LogP contribution in [0.2, 0.25) is 0 Å². The van der Waals surface area contributed by atoms with Gasteiger partial charge in [0.25, 0.3) is 0 Å². The minimum atomic E-state index is -0.657. The topological polar surface area (TPSA) is 80.9 Å². The normalized spacial score (nSPS) is 56.6. The second-order valence-electron chi connectivity index (χ2n) is 10.2. The number of hydrogen-bond donors (Lipinski definition) is 4. The second-order valence-corrected chi connectivity index (χ2v) is 10.2. The zero-order valence-electron chi connectivity index (χ0n) is 15.8. The van der Waals surface area contributed by atoms with Crippen molar-refractivity contribution in [3.63, 3.8) is 0 Å². The van der Waals surface area contributed by atoms with Gasteiger partial charge >= 0.3 is 0 Å². The number of aliphatic hydroxyl groups is 4. The monoisotopic (exact) mass is 352 g/mol. The molecule has 0 heterocycles. The lowest BCUT2D eigenvalue weighted by Gasteiger charge is -2.62. The quantitative estimate of drug-likeness (QED) is 0.615. The lowest BCUT2D eigenvalue weighted by atomic mass is 9.44. The molecule has 4 nitrogen and oxygen atoms in total. The maximum absolute atomic E-state index is 11.3. The number of fused-ring (bicyclic) bond motifs is 5. The van der Waals surface area contributed by atoms with E-state index in [2.05, 4.69) is 13.8 Å². The lowest BCUT2D eigenvalue weighted by Crippen LogP contribution is -2.59. The largest absolute Gasteiger partial charge is 0.394 e. The molecule has 0 aliphatic heterocycles. The van der Waals surface area contributed by atoms with E-state index in [-0.39, 0.29) is 35.6 Å². The fourth-order valence-electron chi connectivity index (χ4n) is 8.16. The van der Waals surface area contributed by atoms with Gasteiger partial charge in [-0.3, -0.25) is 0 Å². The van der Waals surface area contributed by atoms with Crippen LogP contribution in [-0.2, 0) is 0 Å². The van der Waals surface area contributed by atoms with Crippen molar-refractivity contribution in [2.75, 3.05) is 6.61 Å². The summed E-state index contributed by atoms with van der Waals surface area (Å²) < 4.78 is 0. The molecular formula is C21H36O4. The fourth-order valence-corrected chi connectivity index (χ4v) is 8.16. The highest BCUT2D eigenvalue weighted by molar-refractivity contribution is 5.12. The predicted molar refractivity (Wildman–Crippen MR) is 95.7 cm³/mol. The molecule has 4 fully saturated rings. The Morgan fingerprint density at radius 2 is 1.76 bits per heavy atom. The molecule has 0 aromatic carbocycles. The molecule has 4 aliphatic carbocycles. The van der Waals surface area contributed by atoms with Gasteiger partial charge in [-0.05, 0) is 91.8 Å². The average molecular weight is 353 g/mol. The number of rotatable bonds is 2. The van der Waals surface area contributed by atoms with Crippen molar-refractivity contribution in [1.29, 1.82) is 0 Å². The molecule has 144 valence electrons. The molecule has 0 unspecified atom stereocenters. The summed E-state index contributed by atoms with van der Waals surface area (Å²) in [4.78, 5) is 0. The molecule has 0 aromatic heterocycles. The minimum Gasteiger partial charge on any atom is -0.394 e. The van der Waals surface area contributed by atoms with Gasteiger partial charge in [0.15, 0.2) is 0 Å². The first-order valence-corrected chi connectivity index (χ1v) is 10.5. The lowest BCUT2D eigenvalue weighted by molar-refractivity contribution is -0.183. The Morgan fingerprint density at radius 3 is 2.48 bits per heavy atom. The Hall–Kier alpha value is -0.160. The third-order valence-electron chi connectivity index (χ3n) is 9.29. The smallest absolute Gasteiger partial charge is 0.0804 e.